The second kappa shape index (κ2) is 3.50. The summed E-state index contributed by atoms with van der Waals surface area (Å²) >= 11 is 16.4. The largest absolute Gasteiger partial charge is 0.329 e. The van der Waals surface area contributed by atoms with E-state index in [1.165, 1.54) is 6.08 Å². The maximum absolute atomic E-state index is 9.99. The second-order valence-electron chi connectivity index (χ2n) is 1.98. The van der Waals surface area contributed by atoms with Gasteiger partial charge in [0.05, 0.1) is 13.2 Å². The van der Waals surface area contributed by atoms with Gasteiger partial charge < -0.3 is 9.47 Å². The summed E-state index contributed by atoms with van der Waals surface area (Å²) < 4.78 is 7.87. The van der Waals surface area contributed by atoms with Gasteiger partial charge in [-0.1, -0.05) is 34.8 Å². The summed E-state index contributed by atoms with van der Waals surface area (Å²) in [5.41, 5.74) is 0. The summed E-state index contributed by atoms with van der Waals surface area (Å²) in [7, 11) is 0. The fourth-order valence-electron chi connectivity index (χ4n) is 0.753. The molecule has 0 aromatic carbocycles. The van der Waals surface area contributed by atoms with Gasteiger partial charge in [0.2, 0.25) is 6.08 Å². The first-order valence-electron chi connectivity index (χ1n) is 2.95. The molecule has 0 spiro atoms. The van der Waals surface area contributed by atoms with Gasteiger partial charge in [-0.05, 0) is 0 Å². The third-order valence-electron chi connectivity index (χ3n) is 1.23. The van der Waals surface area contributed by atoms with E-state index in [0.29, 0.717) is 0 Å². The number of hydrogen-bond acceptors (Lipinski definition) is 4. The molecule has 0 unspecified atom stereocenters. The van der Waals surface area contributed by atoms with E-state index in [0.717, 1.165) is 0 Å². The number of aliphatic imine (C=N–C) groups is 1. The molecule has 0 amide bonds. The van der Waals surface area contributed by atoms with Crippen molar-refractivity contribution in [1.82, 2.24) is 0 Å². The Morgan fingerprint density at radius 2 is 1.83 bits per heavy atom. The van der Waals surface area contributed by atoms with Gasteiger partial charge in [-0.2, -0.15) is 0 Å². The monoisotopic (exact) mass is 231 g/mol. The first-order chi connectivity index (χ1) is 5.52. The van der Waals surface area contributed by atoms with Crippen molar-refractivity contribution in [3.8, 4) is 0 Å². The molecule has 0 radical (unpaired) electrons. The molecular weight excluding hydrogens is 228 g/mol. The van der Waals surface area contributed by atoms with E-state index in [4.69, 9.17) is 44.3 Å². The van der Waals surface area contributed by atoms with E-state index in [1.807, 2.05) is 0 Å². The lowest BCUT2D eigenvalue weighted by molar-refractivity contribution is -0.145. The third kappa shape index (κ3) is 1.74. The van der Waals surface area contributed by atoms with Gasteiger partial charge in [0, 0.05) is 0 Å². The Labute approximate surface area is 83.4 Å². The second-order valence-corrected chi connectivity index (χ2v) is 4.26. The van der Waals surface area contributed by atoms with E-state index in [1.54, 1.807) is 0 Å². The van der Waals surface area contributed by atoms with Crippen molar-refractivity contribution in [2.75, 3.05) is 13.2 Å². The number of rotatable bonds is 1. The van der Waals surface area contributed by atoms with Gasteiger partial charge in [-0.3, -0.25) is 0 Å². The molecule has 4 nitrogen and oxygen atoms in total. The molecule has 0 aliphatic carbocycles. The Balaban J connectivity index is 2.94. The predicted octanol–water partition coefficient (Wildman–Crippen LogP) is 1.39. The SMILES string of the molecule is O=C=NC1(C(Cl)(Cl)Cl)OCCO1. The summed E-state index contributed by atoms with van der Waals surface area (Å²) in [6, 6.07) is 0. The van der Waals surface area contributed by atoms with E-state index < -0.39 is 9.70 Å². The Kier molecular flexibility index (Phi) is 2.99. The van der Waals surface area contributed by atoms with Crippen molar-refractivity contribution in [2.45, 2.75) is 9.70 Å². The van der Waals surface area contributed by atoms with Crippen LogP contribution in [0.25, 0.3) is 0 Å². The smallest absolute Gasteiger partial charge is 0.325 e. The van der Waals surface area contributed by atoms with Crippen LogP contribution in [0.4, 0.5) is 0 Å². The average molecular weight is 232 g/mol. The van der Waals surface area contributed by atoms with Crippen LogP contribution < -0.4 is 0 Å². The summed E-state index contributed by atoms with van der Waals surface area (Å²) in [6.45, 7) is 0.443. The summed E-state index contributed by atoms with van der Waals surface area (Å²) in [6.07, 6.45) is 1.23. The van der Waals surface area contributed by atoms with E-state index in [-0.39, 0.29) is 13.2 Å². The Bertz CT molecular complexity index is 214. The van der Waals surface area contributed by atoms with E-state index >= 15 is 0 Å². The summed E-state index contributed by atoms with van der Waals surface area (Å²) in [5.74, 6) is -1.82. The average Bonchev–Trinajstić information content (AvgIpc) is 2.36. The minimum absolute atomic E-state index is 0.221. The molecule has 1 fully saturated rings. The molecule has 0 saturated carbocycles. The minimum Gasteiger partial charge on any atom is -0.325 e. The number of isocyanates is 1. The van der Waals surface area contributed by atoms with Gasteiger partial charge in [-0.15, -0.1) is 4.99 Å². The van der Waals surface area contributed by atoms with Crippen molar-refractivity contribution in [2.24, 2.45) is 4.99 Å². The summed E-state index contributed by atoms with van der Waals surface area (Å²) in [4.78, 5) is 13.2. The Morgan fingerprint density at radius 1 is 1.33 bits per heavy atom. The first-order valence-corrected chi connectivity index (χ1v) is 4.09. The van der Waals surface area contributed by atoms with Gasteiger partial charge >= 0.3 is 5.91 Å². The lowest BCUT2D eigenvalue weighted by atomic mass is 10.5. The highest BCUT2D eigenvalue weighted by Gasteiger charge is 2.55. The molecule has 1 aliphatic heterocycles. The number of alkyl halides is 3. The molecule has 7 heteroatoms. The summed E-state index contributed by atoms with van der Waals surface area (Å²) in [5, 5.41) is 0. The molecule has 12 heavy (non-hydrogen) atoms. The van der Waals surface area contributed by atoms with Crippen molar-refractivity contribution in [1.29, 1.82) is 0 Å². The van der Waals surface area contributed by atoms with Crippen LogP contribution in [0.3, 0.4) is 0 Å². The lowest BCUT2D eigenvalue weighted by Gasteiger charge is -2.27. The molecule has 0 atom stereocenters. The van der Waals surface area contributed by atoms with Crippen molar-refractivity contribution in [3.05, 3.63) is 0 Å². The molecular formula is C5H4Cl3NO3. The lowest BCUT2D eigenvalue weighted by Crippen LogP contribution is -2.42. The highest BCUT2D eigenvalue weighted by atomic mass is 35.6. The van der Waals surface area contributed by atoms with E-state index in [9.17, 15) is 4.79 Å². The molecule has 1 heterocycles. The molecule has 68 valence electrons. The number of halogens is 3. The van der Waals surface area contributed by atoms with Crippen molar-refractivity contribution in [3.63, 3.8) is 0 Å². The van der Waals surface area contributed by atoms with Crippen LogP contribution in [-0.4, -0.2) is 29.0 Å². The number of nitrogens with zero attached hydrogens (tertiary/aromatic N) is 1. The van der Waals surface area contributed by atoms with Crippen LogP contribution in [0.15, 0.2) is 4.99 Å². The first kappa shape index (κ1) is 10.3. The van der Waals surface area contributed by atoms with Crippen LogP contribution in [0.5, 0.6) is 0 Å². The molecule has 1 rings (SSSR count). The van der Waals surface area contributed by atoms with Crippen molar-refractivity contribution >= 4 is 40.9 Å². The van der Waals surface area contributed by atoms with E-state index in [2.05, 4.69) is 4.99 Å². The zero-order valence-corrected chi connectivity index (χ0v) is 7.99. The fourth-order valence-corrected chi connectivity index (χ4v) is 1.21. The van der Waals surface area contributed by atoms with Crippen molar-refractivity contribution < 1.29 is 14.3 Å². The Morgan fingerprint density at radius 3 is 2.17 bits per heavy atom. The molecule has 1 aliphatic rings. The zero-order chi connectivity index (χ0) is 9.24. The van der Waals surface area contributed by atoms with Gasteiger partial charge in [0.15, 0.2) is 0 Å². The molecule has 0 bridgehead atoms. The fraction of sp³-hybridized carbons (Fsp3) is 0.800. The Hall–Kier alpha value is 0.170. The highest BCUT2D eigenvalue weighted by molar-refractivity contribution is 6.68. The number of hydrogen-bond donors (Lipinski definition) is 0. The van der Waals surface area contributed by atoms with Gasteiger partial charge in [-0.25, -0.2) is 4.79 Å². The quantitative estimate of drug-likeness (QED) is 0.390. The van der Waals surface area contributed by atoms with Crippen LogP contribution in [0.2, 0.25) is 0 Å². The third-order valence-corrected chi connectivity index (χ3v) is 1.95. The number of ether oxygens (including phenoxy) is 2. The highest BCUT2D eigenvalue weighted by Crippen LogP contribution is 2.44. The van der Waals surface area contributed by atoms with Crippen LogP contribution in [0.1, 0.15) is 0 Å². The number of carbonyl (C=O) groups excluding carboxylic acids is 1. The minimum atomic E-state index is -1.93. The molecule has 0 N–H and O–H groups in total. The standard InChI is InChI=1S/C5H4Cl3NO3/c6-4(7,8)5(9-3-10)11-1-2-12-5/h1-2H2. The van der Waals surface area contributed by atoms with Crippen LogP contribution >= 0.6 is 34.8 Å². The maximum Gasteiger partial charge on any atom is 0.329 e. The van der Waals surface area contributed by atoms with Crippen LogP contribution in [-0.2, 0) is 14.3 Å². The van der Waals surface area contributed by atoms with Crippen LogP contribution in [0, 0.1) is 0 Å². The topological polar surface area (TPSA) is 47.9 Å². The molecule has 1 saturated heterocycles. The normalized spacial score (nSPS) is 21.9. The zero-order valence-electron chi connectivity index (χ0n) is 5.72. The maximum atomic E-state index is 9.99. The molecule has 0 aromatic heterocycles. The van der Waals surface area contributed by atoms with Gasteiger partial charge in [0.1, 0.15) is 0 Å². The van der Waals surface area contributed by atoms with Gasteiger partial charge in [0.25, 0.3) is 3.79 Å². The molecule has 0 aromatic rings. The predicted molar refractivity (Wildman–Crippen MR) is 43.0 cm³/mol.